The lowest BCUT2D eigenvalue weighted by atomic mass is 9.74. The first-order valence-electron chi connectivity index (χ1n) is 20.3. The van der Waals surface area contributed by atoms with E-state index in [9.17, 15) is 19.2 Å². The minimum Gasteiger partial charge on any atom is -0.379 e. The van der Waals surface area contributed by atoms with Gasteiger partial charge in [-0.15, -0.1) is 0 Å². The molecule has 0 spiro atoms. The number of hydrogen-bond acceptors (Lipinski definition) is 8. The van der Waals surface area contributed by atoms with E-state index < -0.39 is 29.7 Å². The third-order valence-corrected chi connectivity index (χ3v) is 13.1. The van der Waals surface area contributed by atoms with Crippen molar-refractivity contribution in [2.75, 3.05) is 27.8 Å². The quantitative estimate of drug-likeness (QED) is 0.166. The molecule has 2 saturated heterocycles. The Kier molecular flexibility index (Phi) is 14.2. The van der Waals surface area contributed by atoms with Crippen molar-refractivity contribution < 1.29 is 28.7 Å². The van der Waals surface area contributed by atoms with E-state index in [0.29, 0.717) is 19.4 Å². The summed E-state index contributed by atoms with van der Waals surface area (Å²) in [5.41, 5.74) is 7.16. The van der Waals surface area contributed by atoms with Crippen LogP contribution in [0.5, 0.6) is 0 Å². The second kappa shape index (κ2) is 18.4. The van der Waals surface area contributed by atoms with Crippen LogP contribution in [0, 0.1) is 29.6 Å². The number of rotatable bonds is 19. The summed E-state index contributed by atoms with van der Waals surface area (Å²) >= 11 is 0. The summed E-state index contributed by atoms with van der Waals surface area (Å²) in [4.78, 5) is 58.9. The van der Waals surface area contributed by atoms with Gasteiger partial charge in [0.1, 0.15) is 0 Å². The molecule has 2 aromatic rings. The van der Waals surface area contributed by atoms with Crippen molar-refractivity contribution >= 4 is 23.6 Å². The molecule has 55 heavy (non-hydrogen) atoms. The van der Waals surface area contributed by atoms with Gasteiger partial charge in [-0.05, 0) is 67.9 Å². The highest BCUT2D eigenvalue weighted by atomic mass is 16.5. The van der Waals surface area contributed by atoms with Crippen LogP contribution < -0.4 is 16.4 Å². The zero-order valence-electron chi connectivity index (χ0n) is 34.1. The Bertz CT molecular complexity index is 1590. The molecule has 2 aliphatic heterocycles. The first-order valence-corrected chi connectivity index (χ1v) is 20.3. The summed E-state index contributed by atoms with van der Waals surface area (Å²) in [7, 11) is 5.05. The number of methoxy groups -OCH3 is 2. The van der Waals surface area contributed by atoms with Crippen molar-refractivity contribution in [2.24, 2.45) is 35.3 Å². The Balaban J connectivity index is 1.30. The van der Waals surface area contributed by atoms with E-state index in [1.165, 1.54) is 0 Å². The molecule has 1 aromatic carbocycles. The number of ether oxygens (including phenoxy) is 2. The number of nitrogens with one attached hydrogen (secondary N) is 3. The van der Waals surface area contributed by atoms with Crippen LogP contribution in [-0.2, 0) is 35.1 Å². The van der Waals surface area contributed by atoms with Gasteiger partial charge in [-0.25, -0.2) is 0 Å². The molecule has 3 heterocycles. The SMILES string of the molecule is CC[C@H](C)[C@@H]([C@@H](CC(=O)N1CCC[C@H]1[C@H](OC)[C@@H](C)C(=O)N[C@@H](Cc1ccccc1)c1ccn[nH]1)OC)N(C)C(=O)[C@@H](C(C)C)C12CCC(C1)C(C(N)=O)N2. The van der Waals surface area contributed by atoms with Gasteiger partial charge in [-0.3, -0.25) is 29.6 Å². The number of hydrogen-bond donors (Lipinski definition) is 4. The summed E-state index contributed by atoms with van der Waals surface area (Å²) in [6.45, 7) is 10.7. The molecule has 2 bridgehead atoms. The maximum absolute atomic E-state index is 14.7. The van der Waals surface area contributed by atoms with E-state index in [4.69, 9.17) is 15.2 Å². The first kappa shape index (κ1) is 42.3. The number of benzene rings is 1. The molecule has 3 unspecified atom stereocenters. The molecule has 1 aliphatic carbocycles. The third kappa shape index (κ3) is 9.10. The lowest BCUT2D eigenvalue weighted by Gasteiger charge is -2.45. The summed E-state index contributed by atoms with van der Waals surface area (Å²) in [5.74, 6) is -1.37. The molecule has 304 valence electrons. The van der Waals surface area contributed by atoms with Gasteiger partial charge >= 0.3 is 0 Å². The molecule has 13 heteroatoms. The summed E-state index contributed by atoms with van der Waals surface area (Å²) < 4.78 is 12.2. The normalized spacial score (nSPS) is 25.9. The fourth-order valence-corrected chi connectivity index (χ4v) is 10.2. The molecule has 3 fully saturated rings. The Morgan fingerprint density at radius 1 is 1.07 bits per heavy atom. The minimum atomic E-state index is -0.566. The zero-order chi connectivity index (χ0) is 40.0. The maximum atomic E-state index is 14.7. The molecule has 1 saturated carbocycles. The van der Waals surface area contributed by atoms with Gasteiger partial charge in [0, 0.05) is 39.5 Å². The number of carbonyl (C=O) groups excluding carboxylic acids is 4. The van der Waals surface area contributed by atoms with E-state index in [2.05, 4.69) is 48.5 Å². The van der Waals surface area contributed by atoms with Gasteiger partial charge in [0.2, 0.25) is 23.6 Å². The molecule has 4 amide bonds. The number of likely N-dealkylation sites (tertiary alicyclic amines) is 1. The Morgan fingerprint density at radius 3 is 2.38 bits per heavy atom. The monoisotopic (exact) mass is 763 g/mol. The number of carbonyl (C=O) groups is 4. The molecule has 3 aliphatic rings. The van der Waals surface area contributed by atoms with Crippen molar-refractivity contribution in [2.45, 2.75) is 128 Å². The van der Waals surface area contributed by atoms with Crippen molar-refractivity contribution in [1.29, 1.82) is 0 Å². The van der Waals surface area contributed by atoms with Crippen molar-refractivity contribution in [3.63, 3.8) is 0 Å². The Hall–Kier alpha value is -3.81. The van der Waals surface area contributed by atoms with Gasteiger partial charge < -0.3 is 30.3 Å². The van der Waals surface area contributed by atoms with Gasteiger partial charge in [-0.2, -0.15) is 5.10 Å². The highest BCUT2D eigenvalue weighted by Crippen LogP contribution is 2.50. The van der Waals surface area contributed by atoms with Crippen molar-refractivity contribution in [1.82, 2.24) is 30.6 Å². The zero-order valence-corrected chi connectivity index (χ0v) is 34.1. The maximum Gasteiger partial charge on any atom is 0.234 e. The van der Waals surface area contributed by atoms with Gasteiger partial charge in [0.25, 0.3) is 0 Å². The summed E-state index contributed by atoms with van der Waals surface area (Å²) in [6.07, 6.45) is 5.94. The highest BCUT2D eigenvalue weighted by Gasteiger charge is 2.59. The van der Waals surface area contributed by atoms with Crippen LogP contribution in [0.2, 0.25) is 0 Å². The predicted molar refractivity (Wildman–Crippen MR) is 210 cm³/mol. The number of aromatic amines is 1. The van der Waals surface area contributed by atoms with Crippen LogP contribution in [0.15, 0.2) is 42.6 Å². The molecule has 13 nitrogen and oxygen atoms in total. The topological polar surface area (TPSA) is 172 Å². The lowest BCUT2D eigenvalue weighted by molar-refractivity contribution is -0.150. The Morgan fingerprint density at radius 2 is 1.80 bits per heavy atom. The van der Waals surface area contributed by atoms with E-state index in [-0.39, 0.29) is 71.8 Å². The fraction of sp³-hybridized carbons (Fsp3) is 0.690. The van der Waals surface area contributed by atoms with E-state index >= 15 is 0 Å². The highest BCUT2D eigenvalue weighted by molar-refractivity contribution is 5.84. The molecule has 5 N–H and O–H groups in total. The van der Waals surface area contributed by atoms with Crippen LogP contribution >= 0.6 is 0 Å². The second-order valence-electron chi connectivity index (χ2n) is 16.8. The van der Waals surface area contributed by atoms with Crippen LogP contribution in [-0.4, -0.2) is 107 Å². The smallest absolute Gasteiger partial charge is 0.234 e. The second-order valence-corrected chi connectivity index (χ2v) is 16.8. The number of likely N-dealkylation sites (N-methyl/N-ethyl adjacent to an activating group) is 1. The van der Waals surface area contributed by atoms with Gasteiger partial charge in [0.15, 0.2) is 0 Å². The molecule has 11 atom stereocenters. The van der Waals surface area contributed by atoms with Crippen LogP contribution in [0.3, 0.4) is 0 Å². The van der Waals surface area contributed by atoms with Crippen LogP contribution in [0.1, 0.15) is 96.9 Å². The standard InChI is InChI=1S/C42H65N7O6/c1-9-26(4)37(48(6)41(53)35(25(2)3)42-19-17-29(24-42)36(46-42)39(43)51)33(54-7)23-34(50)49-21-13-16-32(49)38(55-8)27(5)40(52)45-31(30-18-20-44-47-30)22-28-14-11-10-12-15-28/h10-12,14-15,18,20,25-27,29,31-33,35-38,46H,9,13,16-17,19,21-24H2,1-8H3,(H2,43,51)(H,44,47)(H,45,52)/t26-,27+,29?,31-,32-,33+,35+,36?,37-,38+,42?/m0/s1. The molecule has 0 radical (unpaired) electrons. The minimum absolute atomic E-state index is 0.00731. The van der Waals surface area contributed by atoms with E-state index in [0.717, 1.165) is 43.4 Å². The summed E-state index contributed by atoms with van der Waals surface area (Å²) in [5, 5.41) is 13.9. The largest absolute Gasteiger partial charge is 0.379 e. The van der Waals surface area contributed by atoms with Crippen molar-refractivity contribution in [3.05, 3.63) is 53.9 Å². The summed E-state index contributed by atoms with van der Waals surface area (Å²) in [6, 6.07) is 10.4. The number of aromatic nitrogens is 2. The number of nitrogens with zero attached hydrogens (tertiary/aromatic N) is 3. The molecule has 1 aromatic heterocycles. The predicted octanol–water partition coefficient (Wildman–Crippen LogP) is 4.00. The number of nitrogens with two attached hydrogens (primary N) is 1. The third-order valence-electron chi connectivity index (χ3n) is 13.1. The van der Waals surface area contributed by atoms with Crippen molar-refractivity contribution in [3.8, 4) is 0 Å². The van der Waals surface area contributed by atoms with E-state index in [1.807, 2.05) is 60.2 Å². The average Bonchev–Trinajstić information content (AvgIpc) is 4.00. The lowest BCUT2D eigenvalue weighted by Crippen LogP contribution is -2.61. The number of H-pyrrole nitrogens is 1. The van der Waals surface area contributed by atoms with Crippen LogP contribution in [0.4, 0.5) is 0 Å². The molecule has 5 rings (SSSR count). The average molecular weight is 764 g/mol. The molecular formula is C42H65N7O6. The first-order chi connectivity index (χ1) is 26.3. The number of amides is 4. The number of fused-ring (bicyclic) bond motifs is 2. The number of piperidine rings is 1. The Labute approximate surface area is 327 Å². The number of primary amides is 1. The van der Waals surface area contributed by atoms with Gasteiger partial charge in [0.05, 0.1) is 60.3 Å². The fourth-order valence-electron chi connectivity index (χ4n) is 10.2. The van der Waals surface area contributed by atoms with Gasteiger partial charge in [-0.1, -0.05) is 71.4 Å². The van der Waals surface area contributed by atoms with E-state index in [1.54, 1.807) is 20.4 Å². The molecular weight excluding hydrogens is 699 g/mol. The van der Waals surface area contributed by atoms with Crippen LogP contribution in [0.25, 0.3) is 0 Å².